The largest absolute Gasteiger partial charge is 0.401 e. The zero-order valence-corrected chi connectivity index (χ0v) is 14.5. The van der Waals surface area contributed by atoms with Crippen LogP contribution in [0.2, 0.25) is 0 Å². The van der Waals surface area contributed by atoms with Crippen molar-refractivity contribution >= 4 is 5.96 Å². The second-order valence-electron chi connectivity index (χ2n) is 5.43. The monoisotopic (exact) mass is 341 g/mol. The minimum absolute atomic E-state index is 0.289. The molecule has 0 bridgehead atoms. The summed E-state index contributed by atoms with van der Waals surface area (Å²) in [7, 11) is 6.79. The molecule has 0 aliphatic carbocycles. The van der Waals surface area contributed by atoms with Crippen LogP contribution in [0.25, 0.3) is 0 Å². The lowest BCUT2D eigenvalue weighted by atomic mass is 10.4. The number of aliphatic imine (C=N–C) groups is 1. The maximum Gasteiger partial charge on any atom is 0.401 e. The van der Waals surface area contributed by atoms with Crippen molar-refractivity contribution in [1.82, 2.24) is 20.4 Å². The van der Waals surface area contributed by atoms with Gasteiger partial charge in [-0.3, -0.25) is 9.89 Å². The van der Waals surface area contributed by atoms with Crippen LogP contribution in [0, 0.1) is 0 Å². The van der Waals surface area contributed by atoms with E-state index >= 15 is 0 Å². The molecular formula is C14H30F3N5O. The lowest BCUT2D eigenvalue weighted by molar-refractivity contribution is -0.142. The minimum atomic E-state index is -4.16. The Morgan fingerprint density at radius 2 is 1.61 bits per heavy atom. The van der Waals surface area contributed by atoms with E-state index in [1.54, 1.807) is 14.2 Å². The molecule has 0 spiro atoms. The number of nitrogens with one attached hydrogen (secondary N) is 2. The molecule has 0 amide bonds. The standard InChI is InChI=1S/C14H30F3N5O/c1-18-13(19-6-9-21(2)8-5-11-23-4)20-7-10-22(3)12-14(15,16)17/h5-12H2,1-4H3,(H2,18,19,20). The van der Waals surface area contributed by atoms with Gasteiger partial charge in [-0.05, 0) is 20.5 Å². The van der Waals surface area contributed by atoms with Gasteiger partial charge in [0.1, 0.15) is 0 Å². The van der Waals surface area contributed by atoms with Gasteiger partial charge in [-0.1, -0.05) is 0 Å². The summed E-state index contributed by atoms with van der Waals surface area (Å²) in [6.45, 7) is 3.02. The summed E-state index contributed by atoms with van der Waals surface area (Å²) in [5.74, 6) is 0.593. The Morgan fingerprint density at radius 1 is 1.04 bits per heavy atom. The number of halogens is 3. The molecule has 9 heteroatoms. The SMILES string of the molecule is CN=C(NCCN(C)CCCOC)NCCN(C)CC(F)(F)F. The van der Waals surface area contributed by atoms with Crippen LogP contribution in [0.1, 0.15) is 6.42 Å². The lowest BCUT2D eigenvalue weighted by Gasteiger charge is -2.20. The highest BCUT2D eigenvalue weighted by molar-refractivity contribution is 5.79. The Kier molecular flexibility index (Phi) is 11.8. The maximum absolute atomic E-state index is 12.2. The first kappa shape index (κ1) is 21.9. The number of rotatable bonds is 11. The van der Waals surface area contributed by atoms with Crippen molar-refractivity contribution in [2.24, 2.45) is 4.99 Å². The maximum atomic E-state index is 12.2. The van der Waals surface area contributed by atoms with Crippen molar-refractivity contribution < 1.29 is 17.9 Å². The quantitative estimate of drug-likeness (QED) is 0.328. The van der Waals surface area contributed by atoms with Crippen molar-refractivity contribution in [1.29, 1.82) is 0 Å². The van der Waals surface area contributed by atoms with Crippen LogP contribution >= 0.6 is 0 Å². The Balaban J connectivity index is 3.79. The molecule has 0 aromatic carbocycles. The third-order valence-electron chi connectivity index (χ3n) is 3.13. The molecule has 0 rings (SSSR count). The van der Waals surface area contributed by atoms with E-state index in [9.17, 15) is 13.2 Å². The van der Waals surface area contributed by atoms with E-state index in [0.717, 1.165) is 26.1 Å². The Bertz CT molecular complexity index is 326. The molecule has 2 N–H and O–H groups in total. The van der Waals surface area contributed by atoms with E-state index in [-0.39, 0.29) is 6.54 Å². The van der Waals surface area contributed by atoms with Gasteiger partial charge in [0.2, 0.25) is 0 Å². The fourth-order valence-electron chi connectivity index (χ4n) is 1.93. The molecule has 0 radical (unpaired) electrons. The number of nitrogens with zero attached hydrogens (tertiary/aromatic N) is 3. The number of methoxy groups -OCH3 is 1. The molecule has 0 saturated heterocycles. The Morgan fingerprint density at radius 3 is 2.09 bits per heavy atom. The van der Waals surface area contributed by atoms with Gasteiger partial charge in [-0.15, -0.1) is 0 Å². The first-order valence-corrected chi connectivity index (χ1v) is 7.65. The highest BCUT2D eigenvalue weighted by atomic mass is 19.4. The van der Waals surface area contributed by atoms with Crippen LogP contribution in [0.3, 0.4) is 0 Å². The van der Waals surface area contributed by atoms with Crippen molar-refractivity contribution in [3.63, 3.8) is 0 Å². The van der Waals surface area contributed by atoms with E-state index in [1.807, 2.05) is 7.05 Å². The summed E-state index contributed by atoms with van der Waals surface area (Å²) >= 11 is 0. The van der Waals surface area contributed by atoms with Crippen molar-refractivity contribution in [2.45, 2.75) is 12.6 Å². The van der Waals surface area contributed by atoms with Crippen molar-refractivity contribution in [3.05, 3.63) is 0 Å². The van der Waals surface area contributed by atoms with Crippen LogP contribution in [-0.4, -0.2) is 96.1 Å². The number of likely N-dealkylation sites (N-methyl/N-ethyl adjacent to an activating group) is 2. The minimum Gasteiger partial charge on any atom is -0.385 e. The molecule has 0 aliphatic rings. The van der Waals surface area contributed by atoms with Crippen LogP contribution < -0.4 is 10.6 Å². The third-order valence-corrected chi connectivity index (χ3v) is 3.13. The van der Waals surface area contributed by atoms with Gasteiger partial charge in [-0.25, -0.2) is 0 Å². The average Bonchev–Trinajstić information content (AvgIpc) is 2.44. The van der Waals surface area contributed by atoms with E-state index in [2.05, 4.69) is 20.5 Å². The summed E-state index contributed by atoms with van der Waals surface area (Å²) in [6, 6.07) is 0. The molecular weight excluding hydrogens is 311 g/mol. The molecule has 0 saturated carbocycles. The number of hydrogen-bond donors (Lipinski definition) is 2. The summed E-state index contributed by atoms with van der Waals surface area (Å²) in [4.78, 5) is 7.45. The molecule has 0 heterocycles. The predicted octanol–water partition coefficient (Wildman–Crippen LogP) is 0.614. The molecule has 23 heavy (non-hydrogen) atoms. The molecule has 0 atom stereocenters. The fraction of sp³-hybridized carbons (Fsp3) is 0.929. The first-order valence-electron chi connectivity index (χ1n) is 7.65. The molecule has 0 aromatic heterocycles. The smallest absolute Gasteiger partial charge is 0.385 e. The highest BCUT2D eigenvalue weighted by Crippen LogP contribution is 2.14. The van der Waals surface area contributed by atoms with Gasteiger partial charge >= 0.3 is 6.18 Å². The third kappa shape index (κ3) is 14.3. The van der Waals surface area contributed by atoms with Crippen LogP contribution in [0.4, 0.5) is 13.2 Å². The Labute approximate surface area is 137 Å². The normalized spacial score (nSPS) is 13.0. The van der Waals surface area contributed by atoms with Gasteiger partial charge < -0.3 is 20.3 Å². The molecule has 0 aliphatic heterocycles. The summed E-state index contributed by atoms with van der Waals surface area (Å²) < 4.78 is 41.6. The first-order chi connectivity index (χ1) is 10.8. The fourth-order valence-corrected chi connectivity index (χ4v) is 1.93. The summed E-state index contributed by atoms with van der Waals surface area (Å²) in [5.41, 5.74) is 0. The van der Waals surface area contributed by atoms with E-state index in [0.29, 0.717) is 19.0 Å². The number of alkyl halides is 3. The van der Waals surface area contributed by atoms with Crippen LogP contribution in [0.5, 0.6) is 0 Å². The average molecular weight is 341 g/mol. The van der Waals surface area contributed by atoms with Gasteiger partial charge in [0, 0.05) is 53.5 Å². The van der Waals surface area contributed by atoms with E-state index in [1.165, 1.54) is 11.9 Å². The molecule has 6 nitrogen and oxygen atoms in total. The molecule has 0 aromatic rings. The van der Waals surface area contributed by atoms with Crippen LogP contribution in [-0.2, 0) is 4.74 Å². The van der Waals surface area contributed by atoms with Crippen molar-refractivity contribution in [2.75, 3.05) is 74.1 Å². The second kappa shape index (κ2) is 12.4. The van der Waals surface area contributed by atoms with E-state index < -0.39 is 12.7 Å². The Hall–Kier alpha value is -1.06. The van der Waals surface area contributed by atoms with Gasteiger partial charge in [0.25, 0.3) is 0 Å². The van der Waals surface area contributed by atoms with E-state index in [4.69, 9.17) is 4.74 Å². The van der Waals surface area contributed by atoms with Gasteiger partial charge in [-0.2, -0.15) is 13.2 Å². The topological polar surface area (TPSA) is 52.1 Å². The highest BCUT2D eigenvalue weighted by Gasteiger charge is 2.28. The lowest BCUT2D eigenvalue weighted by Crippen LogP contribution is -2.44. The van der Waals surface area contributed by atoms with Gasteiger partial charge in [0.05, 0.1) is 6.54 Å². The zero-order valence-electron chi connectivity index (χ0n) is 14.5. The number of guanidine groups is 1. The summed E-state index contributed by atoms with van der Waals surface area (Å²) in [5, 5.41) is 6.14. The zero-order chi connectivity index (χ0) is 17.7. The molecule has 138 valence electrons. The number of ether oxygens (including phenoxy) is 1. The molecule has 0 fully saturated rings. The van der Waals surface area contributed by atoms with Crippen LogP contribution in [0.15, 0.2) is 4.99 Å². The number of hydrogen-bond acceptors (Lipinski definition) is 4. The molecule has 0 unspecified atom stereocenters. The predicted molar refractivity (Wildman–Crippen MR) is 86.9 cm³/mol. The van der Waals surface area contributed by atoms with Crippen molar-refractivity contribution in [3.8, 4) is 0 Å². The summed E-state index contributed by atoms with van der Waals surface area (Å²) in [6.07, 6.45) is -3.19. The second-order valence-corrected chi connectivity index (χ2v) is 5.43. The van der Waals surface area contributed by atoms with Gasteiger partial charge in [0.15, 0.2) is 5.96 Å².